The molecule has 0 saturated heterocycles. The fourth-order valence-electron chi connectivity index (χ4n) is 4.87. The number of furan rings is 1. The van der Waals surface area contributed by atoms with Gasteiger partial charge in [0, 0.05) is 0 Å². The van der Waals surface area contributed by atoms with E-state index in [4.69, 9.17) is 13.6 Å². The van der Waals surface area contributed by atoms with Gasteiger partial charge in [0.2, 0.25) is 0 Å². The molecule has 2 aromatic heterocycles. The van der Waals surface area contributed by atoms with Crippen LogP contribution in [0.25, 0.3) is 43.5 Å². The van der Waals surface area contributed by atoms with E-state index in [9.17, 15) is 14.4 Å². The lowest BCUT2D eigenvalue weighted by molar-refractivity contribution is -0.135. The molecule has 6 aromatic rings. The second kappa shape index (κ2) is 6.65. The maximum absolute atomic E-state index is 13.6. The number of ketones is 1. The standard InChI is InChI=1S/C28H14O6/c29-25-22-16-7-3-1-5-14(16)9-11-19(22)34-28(31)24(25)21-13-18-26(32-21)23-17-8-4-2-6-15(17)10-12-20(23)33-27(18)30/h1-13,24H. The third-order valence-corrected chi connectivity index (χ3v) is 6.42. The van der Waals surface area contributed by atoms with Crippen LogP contribution in [0.4, 0.5) is 0 Å². The zero-order valence-electron chi connectivity index (χ0n) is 17.5. The van der Waals surface area contributed by atoms with Crippen molar-refractivity contribution in [3.8, 4) is 5.75 Å². The van der Waals surface area contributed by atoms with Gasteiger partial charge >= 0.3 is 11.6 Å². The molecule has 6 nitrogen and oxygen atoms in total. The monoisotopic (exact) mass is 446 g/mol. The van der Waals surface area contributed by atoms with Gasteiger partial charge in [-0.1, -0.05) is 60.7 Å². The molecule has 4 aromatic carbocycles. The Hall–Kier alpha value is -4.71. The molecule has 7 rings (SSSR count). The summed E-state index contributed by atoms with van der Waals surface area (Å²) in [5.41, 5.74) is 0.370. The first kappa shape index (κ1) is 18.8. The SMILES string of the molecule is O=C1Oc2ccc3ccccc3c2C(=O)C1c1cc2c(=O)oc3ccc4ccccc4c3c2o1. The normalized spacial score (nSPS) is 15.8. The number of carbonyl (C=O) groups excluding carboxylic acids is 2. The molecule has 1 atom stereocenters. The lowest BCUT2D eigenvalue weighted by Gasteiger charge is -2.22. The number of ether oxygens (including phenoxy) is 1. The molecule has 6 heteroatoms. The number of esters is 1. The van der Waals surface area contributed by atoms with Crippen LogP contribution in [-0.2, 0) is 4.79 Å². The highest BCUT2D eigenvalue weighted by atomic mass is 16.5. The van der Waals surface area contributed by atoms with Gasteiger partial charge < -0.3 is 13.6 Å². The van der Waals surface area contributed by atoms with Crippen LogP contribution in [0.5, 0.6) is 5.75 Å². The molecule has 3 heterocycles. The minimum absolute atomic E-state index is 0.0521. The van der Waals surface area contributed by atoms with E-state index in [1.807, 2.05) is 54.6 Å². The Kier molecular flexibility index (Phi) is 3.68. The van der Waals surface area contributed by atoms with Gasteiger partial charge in [-0.05, 0) is 39.7 Å². The lowest BCUT2D eigenvalue weighted by atomic mass is 9.89. The van der Waals surface area contributed by atoms with Crippen LogP contribution in [-0.4, -0.2) is 11.8 Å². The van der Waals surface area contributed by atoms with E-state index in [0.29, 0.717) is 21.9 Å². The van der Waals surface area contributed by atoms with Crippen LogP contribution in [0.1, 0.15) is 22.0 Å². The Morgan fingerprint density at radius 3 is 2.21 bits per heavy atom. The third-order valence-electron chi connectivity index (χ3n) is 6.42. The van der Waals surface area contributed by atoms with Crippen molar-refractivity contribution in [1.29, 1.82) is 0 Å². The minimum atomic E-state index is -1.32. The molecule has 0 radical (unpaired) electrons. The van der Waals surface area contributed by atoms with Crippen molar-refractivity contribution in [2.75, 3.05) is 0 Å². The maximum atomic E-state index is 13.6. The molecule has 1 aliphatic rings. The highest BCUT2D eigenvalue weighted by molar-refractivity contribution is 6.23. The van der Waals surface area contributed by atoms with E-state index >= 15 is 0 Å². The second-order valence-corrected chi connectivity index (χ2v) is 8.32. The Labute approximate surface area is 191 Å². The third kappa shape index (κ3) is 2.48. The maximum Gasteiger partial charge on any atom is 0.347 e. The van der Waals surface area contributed by atoms with E-state index in [2.05, 4.69) is 0 Å². The first-order chi connectivity index (χ1) is 16.6. The summed E-state index contributed by atoms with van der Waals surface area (Å²) in [6.45, 7) is 0. The van der Waals surface area contributed by atoms with E-state index in [0.717, 1.165) is 16.2 Å². The zero-order chi connectivity index (χ0) is 23.0. The molecule has 0 bridgehead atoms. The predicted octanol–water partition coefficient (Wildman–Crippen LogP) is 5.73. The Balaban J connectivity index is 1.50. The molecule has 0 aliphatic carbocycles. The molecular weight excluding hydrogens is 432 g/mol. The van der Waals surface area contributed by atoms with E-state index in [1.54, 1.807) is 18.2 Å². The number of Topliss-reactive ketones (excluding diaryl/α,β-unsaturated/α-hetero) is 1. The van der Waals surface area contributed by atoms with Gasteiger partial charge in [-0.2, -0.15) is 0 Å². The van der Waals surface area contributed by atoms with Gasteiger partial charge in [-0.25, -0.2) is 4.79 Å². The summed E-state index contributed by atoms with van der Waals surface area (Å²) >= 11 is 0. The van der Waals surface area contributed by atoms with Crippen LogP contribution in [0.3, 0.4) is 0 Å². The van der Waals surface area contributed by atoms with E-state index < -0.39 is 23.3 Å². The Bertz CT molecular complexity index is 1910. The number of hydrogen-bond acceptors (Lipinski definition) is 6. The first-order valence-electron chi connectivity index (χ1n) is 10.8. The average molecular weight is 446 g/mol. The van der Waals surface area contributed by atoms with Crippen molar-refractivity contribution in [3.05, 3.63) is 101 Å². The summed E-state index contributed by atoms with van der Waals surface area (Å²) in [5, 5.41) is 4.10. The minimum Gasteiger partial charge on any atom is -0.459 e. The first-order valence-corrected chi connectivity index (χ1v) is 10.8. The molecule has 1 unspecified atom stereocenters. The Morgan fingerprint density at radius 2 is 1.38 bits per heavy atom. The average Bonchev–Trinajstić information content (AvgIpc) is 3.29. The molecule has 0 amide bonds. The number of hydrogen-bond donors (Lipinski definition) is 0. The smallest absolute Gasteiger partial charge is 0.347 e. The number of fused-ring (bicyclic) bond motifs is 8. The van der Waals surface area contributed by atoms with Gasteiger partial charge in [0.15, 0.2) is 17.3 Å². The quantitative estimate of drug-likeness (QED) is 0.105. The van der Waals surface area contributed by atoms with Crippen molar-refractivity contribution >= 4 is 55.2 Å². The molecule has 34 heavy (non-hydrogen) atoms. The molecule has 0 saturated carbocycles. The van der Waals surface area contributed by atoms with Crippen molar-refractivity contribution in [2.24, 2.45) is 0 Å². The number of rotatable bonds is 1. The largest absolute Gasteiger partial charge is 0.459 e. The van der Waals surface area contributed by atoms with Crippen LogP contribution < -0.4 is 10.4 Å². The van der Waals surface area contributed by atoms with Crippen LogP contribution in [0.2, 0.25) is 0 Å². The second-order valence-electron chi connectivity index (χ2n) is 8.32. The lowest BCUT2D eigenvalue weighted by Crippen LogP contribution is -2.31. The van der Waals surface area contributed by atoms with E-state index in [-0.39, 0.29) is 22.5 Å². The highest BCUT2D eigenvalue weighted by Gasteiger charge is 2.41. The van der Waals surface area contributed by atoms with Crippen molar-refractivity contribution in [1.82, 2.24) is 0 Å². The van der Waals surface area contributed by atoms with E-state index in [1.165, 1.54) is 6.07 Å². The summed E-state index contributed by atoms with van der Waals surface area (Å²) in [6, 6.07) is 23.5. The fourth-order valence-corrected chi connectivity index (χ4v) is 4.87. The van der Waals surface area contributed by atoms with Crippen molar-refractivity contribution in [3.63, 3.8) is 0 Å². The summed E-state index contributed by atoms with van der Waals surface area (Å²) in [4.78, 5) is 39.3. The molecule has 0 spiro atoms. The van der Waals surface area contributed by atoms with Crippen molar-refractivity contribution < 1.29 is 23.2 Å². The summed E-state index contributed by atoms with van der Waals surface area (Å²) in [7, 11) is 0. The summed E-state index contributed by atoms with van der Waals surface area (Å²) in [6.07, 6.45) is 0. The van der Waals surface area contributed by atoms with Gasteiger partial charge in [0.1, 0.15) is 22.5 Å². The molecule has 0 N–H and O–H groups in total. The van der Waals surface area contributed by atoms with Crippen LogP contribution >= 0.6 is 0 Å². The molecule has 162 valence electrons. The Morgan fingerprint density at radius 1 is 0.676 bits per heavy atom. The number of benzene rings is 4. The molecular formula is C28H14O6. The summed E-state index contributed by atoms with van der Waals surface area (Å²) < 4.78 is 17.2. The zero-order valence-corrected chi connectivity index (χ0v) is 17.5. The topological polar surface area (TPSA) is 86.7 Å². The molecule has 0 fully saturated rings. The predicted molar refractivity (Wildman–Crippen MR) is 126 cm³/mol. The van der Waals surface area contributed by atoms with Crippen LogP contribution in [0, 0.1) is 0 Å². The van der Waals surface area contributed by atoms with Gasteiger partial charge in [0.25, 0.3) is 0 Å². The van der Waals surface area contributed by atoms with Crippen LogP contribution in [0.15, 0.2) is 92.5 Å². The van der Waals surface area contributed by atoms with Crippen molar-refractivity contribution in [2.45, 2.75) is 5.92 Å². The summed E-state index contributed by atoms with van der Waals surface area (Å²) in [5.74, 6) is -2.23. The fraction of sp³-hybridized carbons (Fsp3) is 0.0357. The van der Waals surface area contributed by atoms with Gasteiger partial charge in [-0.15, -0.1) is 0 Å². The van der Waals surface area contributed by atoms with Gasteiger partial charge in [0.05, 0.1) is 10.9 Å². The molecule has 1 aliphatic heterocycles. The van der Waals surface area contributed by atoms with Gasteiger partial charge in [-0.3, -0.25) is 9.59 Å². The highest BCUT2D eigenvalue weighted by Crippen LogP contribution is 2.40. The number of carbonyl (C=O) groups is 2.